The van der Waals surface area contributed by atoms with Gasteiger partial charge in [0, 0.05) is 24.8 Å². The molecule has 1 aliphatic carbocycles. The van der Waals surface area contributed by atoms with Gasteiger partial charge in [0.2, 0.25) is 0 Å². The van der Waals surface area contributed by atoms with Crippen molar-refractivity contribution in [1.82, 2.24) is 5.32 Å². The molecule has 1 heterocycles. The molecule has 0 aromatic heterocycles. The molecule has 136 valence electrons. The molecule has 2 aliphatic rings. The van der Waals surface area contributed by atoms with E-state index in [4.69, 9.17) is 0 Å². The van der Waals surface area contributed by atoms with Gasteiger partial charge in [-0.15, -0.1) is 0 Å². The quantitative estimate of drug-likeness (QED) is 0.728. The summed E-state index contributed by atoms with van der Waals surface area (Å²) in [4.78, 5) is 2.56. The molecule has 0 atom stereocenters. The summed E-state index contributed by atoms with van der Waals surface area (Å²) in [7, 11) is 0. The Morgan fingerprint density at radius 1 is 1.04 bits per heavy atom. The van der Waals surface area contributed by atoms with Crippen molar-refractivity contribution in [3.8, 4) is 0 Å². The highest BCUT2D eigenvalue weighted by Crippen LogP contribution is 2.33. The lowest BCUT2D eigenvalue weighted by molar-refractivity contribution is 0.412. The first-order chi connectivity index (χ1) is 12.8. The fourth-order valence-electron chi connectivity index (χ4n) is 4.19. The van der Waals surface area contributed by atoms with E-state index in [1.807, 2.05) is 0 Å². The second kappa shape index (κ2) is 8.09. The molecular formula is C24H30N2. The maximum Gasteiger partial charge on any atom is 0.0372 e. The number of rotatable bonds is 6. The molecule has 26 heavy (non-hydrogen) atoms. The fraction of sp³-hybridized carbons (Fsp3) is 0.417. The summed E-state index contributed by atoms with van der Waals surface area (Å²) in [5.41, 5.74) is 7.04. The zero-order chi connectivity index (χ0) is 17.8. The Balaban J connectivity index is 1.40. The second-order valence-electron chi connectivity index (χ2n) is 7.66. The van der Waals surface area contributed by atoms with Crippen molar-refractivity contribution in [2.24, 2.45) is 0 Å². The van der Waals surface area contributed by atoms with Crippen LogP contribution in [-0.2, 0) is 6.42 Å². The average molecular weight is 347 g/mol. The minimum absolute atomic E-state index is 0.702. The Bertz CT molecular complexity index is 769. The fourth-order valence-corrected chi connectivity index (χ4v) is 4.19. The van der Waals surface area contributed by atoms with Crippen LogP contribution in [0.4, 0.5) is 5.69 Å². The summed E-state index contributed by atoms with van der Waals surface area (Å²) >= 11 is 0. The van der Waals surface area contributed by atoms with Gasteiger partial charge in [0.15, 0.2) is 0 Å². The van der Waals surface area contributed by atoms with Crippen molar-refractivity contribution in [2.45, 2.75) is 45.1 Å². The van der Waals surface area contributed by atoms with Gasteiger partial charge in [-0.2, -0.15) is 0 Å². The van der Waals surface area contributed by atoms with Gasteiger partial charge in [0.1, 0.15) is 0 Å². The normalized spacial score (nSPS) is 17.3. The Hall–Kier alpha value is -2.06. The summed E-state index contributed by atoms with van der Waals surface area (Å²) < 4.78 is 0. The number of fused-ring (bicyclic) bond motifs is 1. The first-order valence-electron chi connectivity index (χ1n) is 10.2. The van der Waals surface area contributed by atoms with Crippen molar-refractivity contribution in [2.75, 3.05) is 24.5 Å². The van der Waals surface area contributed by atoms with Crippen molar-refractivity contribution < 1.29 is 0 Å². The predicted octanol–water partition coefficient (Wildman–Crippen LogP) is 5.14. The third-order valence-corrected chi connectivity index (χ3v) is 5.81. The minimum Gasteiger partial charge on any atom is -0.371 e. The number of hydrogen-bond acceptors (Lipinski definition) is 2. The average Bonchev–Trinajstić information content (AvgIpc) is 3.13. The summed E-state index contributed by atoms with van der Waals surface area (Å²) in [5.74, 6) is 0. The van der Waals surface area contributed by atoms with Crippen LogP contribution in [0.15, 0.2) is 48.5 Å². The van der Waals surface area contributed by atoms with E-state index in [9.17, 15) is 0 Å². The van der Waals surface area contributed by atoms with Crippen molar-refractivity contribution in [1.29, 1.82) is 0 Å². The molecule has 2 heteroatoms. The van der Waals surface area contributed by atoms with E-state index in [1.165, 1.54) is 60.2 Å². The molecule has 1 fully saturated rings. The number of allylic oxidation sites excluding steroid dienone is 1. The second-order valence-corrected chi connectivity index (χ2v) is 7.66. The Morgan fingerprint density at radius 3 is 2.69 bits per heavy atom. The van der Waals surface area contributed by atoms with Crippen LogP contribution in [-0.4, -0.2) is 25.7 Å². The Kier molecular flexibility index (Phi) is 5.40. The standard InChI is InChI=1S/C24H30N2/c1-2-3-13-25-23-11-14-26(15-12-23)24-10-6-9-21(18-24)22-16-19-7-4-5-8-20(19)17-22/h4-10,16,18,23,25H,2-3,11-15,17H2,1H3. The maximum atomic E-state index is 3.72. The summed E-state index contributed by atoms with van der Waals surface area (Å²) in [6.45, 7) is 5.75. The summed E-state index contributed by atoms with van der Waals surface area (Å²) in [5, 5.41) is 3.72. The molecular weight excluding hydrogens is 316 g/mol. The van der Waals surface area contributed by atoms with Crippen LogP contribution < -0.4 is 10.2 Å². The van der Waals surface area contributed by atoms with Gasteiger partial charge < -0.3 is 10.2 Å². The number of unbranched alkanes of at least 4 members (excludes halogenated alkanes) is 1. The smallest absolute Gasteiger partial charge is 0.0372 e. The lowest BCUT2D eigenvalue weighted by atomic mass is 10.0. The number of benzene rings is 2. The SMILES string of the molecule is CCCCNC1CCN(c2cccc(C3=Cc4ccccc4C3)c2)CC1. The van der Waals surface area contributed by atoms with Gasteiger partial charge in [0.05, 0.1) is 0 Å². The predicted molar refractivity (Wildman–Crippen MR) is 113 cm³/mol. The van der Waals surface area contributed by atoms with Crippen LogP contribution in [0, 0.1) is 0 Å². The van der Waals surface area contributed by atoms with Crippen molar-refractivity contribution in [3.05, 3.63) is 65.2 Å². The minimum atomic E-state index is 0.702. The van der Waals surface area contributed by atoms with Crippen molar-refractivity contribution >= 4 is 17.3 Å². The highest BCUT2D eigenvalue weighted by Gasteiger charge is 2.20. The van der Waals surface area contributed by atoms with Crippen molar-refractivity contribution in [3.63, 3.8) is 0 Å². The molecule has 2 aromatic carbocycles. The highest BCUT2D eigenvalue weighted by atomic mass is 15.1. The lowest BCUT2D eigenvalue weighted by Crippen LogP contribution is -2.42. The molecule has 0 spiro atoms. The lowest BCUT2D eigenvalue weighted by Gasteiger charge is -2.34. The summed E-state index contributed by atoms with van der Waals surface area (Å²) in [6, 6.07) is 18.6. The van der Waals surface area contributed by atoms with Gasteiger partial charge in [-0.1, -0.05) is 55.8 Å². The van der Waals surface area contributed by atoms with Crippen LogP contribution in [0.3, 0.4) is 0 Å². The van der Waals surface area contributed by atoms with E-state index >= 15 is 0 Å². The molecule has 4 rings (SSSR count). The molecule has 0 radical (unpaired) electrons. The third kappa shape index (κ3) is 3.86. The number of nitrogens with zero attached hydrogens (tertiary/aromatic N) is 1. The van der Waals surface area contributed by atoms with E-state index in [2.05, 4.69) is 71.7 Å². The van der Waals surface area contributed by atoms with Crippen LogP contribution in [0.5, 0.6) is 0 Å². The van der Waals surface area contributed by atoms with E-state index in [0.717, 1.165) is 19.5 Å². The molecule has 2 nitrogen and oxygen atoms in total. The molecule has 1 N–H and O–H groups in total. The van der Waals surface area contributed by atoms with E-state index in [1.54, 1.807) is 0 Å². The van der Waals surface area contributed by atoms with Gasteiger partial charge in [-0.05, 0) is 66.6 Å². The molecule has 0 saturated carbocycles. The monoisotopic (exact) mass is 346 g/mol. The van der Waals surface area contributed by atoms with E-state index < -0.39 is 0 Å². The molecule has 2 aromatic rings. The van der Waals surface area contributed by atoms with Crippen LogP contribution in [0.2, 0.25) is 0 Å². The van der Waals surface area contributed by atoms with Crippen LogP contribution in [0.25, 0.3) is 11.6 Å². The van der Waals surface area contributed by atoms with E-state index in [-0.39, 0.29) is 0 Å². The topological polar surface area (TPSA) is 15.3 Å². The first kappa shape index (κ1) is 17.4. The summed E-state index contributed by atoms with van der Waals surface area (Å²) in [6.07, 6.45) is 8.49. The van der Waals surface area contributed by atoms with E-state index in [0.29, 0.717) is 6.04 Å². The molecule has 1 aliphatic heterocycles. The highest BCUT2D eigenvalue weighted by molar-refractivity contribution is 5.89. The molecule has 0 amide bonds. The zero-order valence-electron chi connectivity index (χ0n) is 15.9. The molecule has 0 unspecified atom stereocenters. The van der Waals surface area contributed by atoms with Gasteiger partial charge in [-0.25, -0.2) is 0 Å². The number of hydrogen-bond donors (Lipinski definition) is 1. The number of anilines is 1. The van der Waals surface area contributed by atoms with Crippen LogP contribution >= 0.6 is 0 Å². The number of nitrogens with one attached hydrogen (secondary N) is 1. The van der Waals surface area contributed by atoms with Crippen LogP contribution in [0.1, 0.15) is 49.3 Å². The Morgan fingerprint density at radius 2 is 1.88 bits per heavy atom. The van der Waals surface area contributed by atoms with Gasteiger partial charge in [-0.3, -0.25) is 0 Å². The third-order valence-electron chi connectivity index (χ3n) is 5.81. The molecule has 0 bridgehead atoms. The maximum absolute atomic E-state index is 3.72. The zero-order valence-corrected chi connectivity index (χ0v) is 15.9. The Labute approximate surface area is 157 Å². The molecule has 1 saturated heterocycles. The van der Waals surface area contributed by atoms with Gasteiger partial charge >= 0.3 is 0 Å². The first-order valence-corrected chi connectivity index (χ1v) is 10.2. The largest absolute Gasteiger partial charge is 0.371 e. The van der Waals surface area contributed by atoms with Gasteiger partial charge in [0.25, 0.3) is 0 Å². The number of piperidine rings is 1.